The maximum atomic E-state index is 11.5. The van der Waals surface area contributed by atoms with E-state index in [4.69, 9.17) is 0 Å². The highest BCUT2D eigenvalue weighted by Crippen LogP contribution is 2.27. The number of fused-ring (bicyclic) bond motifs is 1. The second-order valence-corrected chi connectivity index (χ2v) is 5.82. The monoisotopic (exact) mass is 225 g/mol. The molecule has 1 atom stereocenters. The highest BCUT2D eigenvalue weighted by Gasteiger charge is 2.42. The lowest BCUT2D eigenvalue weighted by atomic mass is 9.93. The number of hydrogen-bond acceptors (Lipinski definition) is 3. The molecule has 2 heterocycles. The van der Waals surface area contributed by atoms with Crippen molar-refractivity contribution in [2.45, 2.75) is 32.4 Å². The van der Waals surface area contributed by atoms with Gasteiger partial charge in [0.25, 0.3) is 0 Å². The van der Waals surface area contributed by atoms with E-state index in [0.717, 1.165) is 32.7 Å². The Hall–Kier alpha value is -0.610. The van der Waals surface area contributed by atoms with Crippen LogP contribution < -0.4 is 0 Å². The number of likely N-dealkylation sites (N-methyl/N-ethyl adjacent to an activating group) is 1. The smallest absolute Gasteiger partial charge is 0.219 e. The molecule has 0 N–H and O–H groups in total. The molecule has 2 saturated heterocycles. The standard InChI is InChI=1S/C12H23N3O/c1-10(16)14-8-11-7-13(4)5-6-15(11)12(2,3)9-14/h11H,5-9H2,1-4H3. The molecule has 1 amide bonds. The van der Waals surface area contributed by atoms with Crippen molar-refractivity contribution in [3.05, 3.63) is 0 Å². The van der Waals surface area contributed by atoms with Crippen LogP contribution in [0.3, 0.4) is 0 Å². The average Bonchev–Trinajstić information content (AvgIpc) is 2.15. The van der Waals surface area contributed by atoms with E-state index in [2.05, 4.69) is 30.7 Å². The van der Waals surface area contributed by atoms with Crippen LogP contribution in [0.15, 0.2) is 0 Å². The van der Waals surface area contributed by atoms with Crippen LogP contribution in [0.4, 0.5) is 0 Å². The first-order valence-corrected chi connectivity index (χ1v) is 6.11. The minimum absolute atomic E-state index is 0.121. The van der Waals surface area contributed by atoms with E-state index < -0.39 is 0 Å². The first kappa shape index (κ1) is 11.9. The highest BCUT2D eigenvalue weighted by molar-refractivity contribution is 5.73. The van der Waals surface area contributed by atoms with Gasteiger partial charge in [-0.25, -0.2) is 0 Å². The van der Waals surface area contributed by atoms with Crippen LogP contribution in [0, 0.1) is 0 Å². The normalized spacial score (nSPS) is 31.2. The van der Waals surface area contributed by atoms with Gasteiger partial charge in [0.1, 0.15) is 0 Å². The summed E-state index contributed by atoms with van der Waals surface area (Å²) >= 11 is 0. The highest BCUT2D eigenvalue weighted by atomic mass is 16.2. The molecule has 2 aliphatic rings. The van der Waals surface area contributed by atoms with Crippen molar-refractivity contribution in [3.63, 3.8) is 0 Å². The van der Waals surface area contributed by atoms with E-state index in [1.807, 2.05) is 4.90 Å². The van der Waals surface area contributed by atoms with Crippen LogP contribution in [0.2, 0.25) is 0 Å². The van der Waals surface area contributed by atoms with Gasteiger partial charge >= 0.3 is 0 Å². The molecule has 0 radical (unpaired) electrons. The second-order valence-electron chi connectivity index (χ2n) is 5.82. The third-order valence-electron chi connectivity index (χ3n) is 3.92. The summed E-state index contributed by atoms with van der Waals surface area (Å²) in [6, 6.07) is 0.506. The minimum atomic E-state index is 0.121. The van der Waals surface area contributed by atoms with Crippen molar-refractivity contribution in [2.75, 3.05) is 39.8 Å². The zero-order valence-corrected chi connectivity index (χ0v) is 10.9. The molecule has 0 saturated carbocycles. The molecule has 92 valence electrons. The molecule has 0 bridgehead atoms. The topological polar surface area (TPSA) is 26.8 Å². The number of carbonyl (C=O) groups excluding carboxylic acids is 1. The Morgan fingerprint density at radius 2 is 1.94 bits per heavy atom. The fraction of sp³-hybridized carbons (Fsp3) is 0.917. The van der Waals surface area contributed by atoms with Crippen LogP contribution in [-0.4, -0.2) is 72.0 Å². The fourth-order valence-electron chi connectivity index (χ4n) is 3.08. The van der Waals surface area contributed by atoms with Gasteiger partial charge in [-0.05, 0) is 20.9 Å². The van der Waals surface area contributed by atoms with Crippen molar-refractivity contribution in [3.8, 4) is 0 Å². The molecule has 0 aliphatic carbocycles. The number of rotatable bonds is 0. The first-order chi connectivity index (χ1) is 7.40. The summed E-state index contributed by atoms with van der Waals surface area (Å²) in [5.74, 6) is 0.209. The Bertz CT molecular complexity index is 290. The van der Waals surface area contributed by atoms with E-state index in [9.17, 15) is 4.79 Å². The van der Waals surface area contributed by atoms with Gasteiger partial charge in [0, 0.05) is 51.2 Å². The Morgan fingerprint density at radius 3 is 2.56 bits per heavy atom. The maximum Gasteiger partial charge on any atom is 0.219 e. The summed E-state index contributed by atoms with van der Waals surface area (Å²) in [5, 5.41) is 0. The van der Waals surface area contributed by atoms with Gasteiger partial charge in [0.05, 0.1) is 0 Å². The molecule has 1 unspecified atom stereocenters. The molecule has 0 spiro atoms. The first-order valence-electron chi connectivity index (χ1n) is 6.11. The number of amides is 1. The van der Waals surface area contributed by atoms with Crippen molar-refractivity contribution in [1.82, 2.24) is 14.7 Å². The van der Waals surface area contributed by atoms with E-state index in [1.165, 1.54) is 0 Å². The molecule has 4 heteroatoms. The Morgan fingerprint density at radius 1 is 1.25 bits per heavy atom. The average molecular weight is 225 g/mol. The van der Waals surface area contributed by atoms with Gasteiger partial charge in [0.2, 0.25) is 5.91 Å². The molecule has 4 nitrogen and oxygen atoms in total. The van der Waals surface area contributed by atoms with Crippen LogP contribution in [0.25, 0.3) is 0 Å². The van der Waals surface area contributed by atoms with Gasteiger partial charge in [-0.1, -0.05) is 0 Å². The predicted molar refractivity (Wildman–Crippen MR) is 64.3 cm³/mol. The van der Waals surface area contributed by atoms with Crippen molar-refractivity contribution >= 4 is 5.91 Å². The van der Waals surface area contributed by atoms with Crippen LogP contribution in [0.5, 0.6) is 0 Å². The van der Waals surface area contributed by atoms with E-state index in [0.29, 0.717) is 6.04 Å². The van der Waals surface area contributed by atoms with Crippen molar-refractivity contribution in [1.29, 1.82) is 0 Å². The molecule has 2 rings (SSSR count). The summed E-state index contributed by atoms with van der Waals surface area (Å²) in [6.45, 7) is 11.3. The van der Waals surface area contributed by atoms with Gasteiger partial charge in [-0.2, -0.15) is 0 Å². The fourth-order valence-corrected chi connectivity index (χ4v) is 3.08. The predicted octanol–water partition coefficient (Wildman–Crippen LogP) is 0.243. The molecule has 0 aromatic heterocycles. The number of piperazine rings is 2. The molecular formula is C12H23N3O. The number of hydrogen-bond donors (Lipinski definition) is 0. The van der Waals surface area contributed by atoms with Crippen molar-refractivity contribution in [2.24, 2.45) is 0 Å². The minimum Gasteiger partial charge on any atom is -0.339 e. The van der Waals surface area contributed by atoms with E-state index in [-0.39, 0.29) is 11.4 Å². The van der Waals surface area contributed by atoms with Crippen LogP contribution in [-0.2, 0) is 4.79 Å². The molecule has 16 heavy (non-hydrogen) atoms. The molecule has 0 aromatic rings. The maximum absolute atomic E-state index is 11.5. The van der Waals surface area contributed by atoms with Gasteiger partial charge in [-0.15, -0.1) is 0 Å². The van der Waals surface area contributed by atoms with Crippen LogP contribution >= 0.6 is 0 Å². The summed E-state index contributed by atoms with van der Waals surface area (Å²) in [4.78, 5) is 18.5. The summed E-state index contributed by atoms with van der Waals surface area (Å²) in [5.41, 5.74) is 0.121. The van der Waals surface area contributed by atoms with Crippen LogP contribution in [0.1, 0.15) is 20.8 Å². The Labute approximate surface area is 98.2 Å². The second kappa shape index (κ2) is 4.00. The zero-order valence-electron chi connectivity index (χ0n) is 10.9. The lowest BCUT2D eigenvalue weighted by Gasteiger charge is -2.55. The quantitative estimate of drug-likeness (QED) is 0.591. The third kappa shape index (κ3) is 2.09. The Balaban J connectivity index is 2.15. The molecule has 0 aromatic carbocycles. The number of nitrogens with zero attached hydrogens (tertiary/aromatic N) is 3. The lowest BCUT2D eigenvalue weighted by Crippen LogP contribution is -2.69. The van der Waals surface area contributed by atoms with Gasteiger partial charge < -0.3 is 9.80 Å². The van der Waals surface area contributed by atoms with Gasteiger partial charge in [0.15, 0.2) is 0 Å². The summed E-state index contributed by atoms with van der Waals surface area (Å²) in [6.07, 6.45) is 0. The van der Waals surface area contributed by atoms with Crippen molar-refractivity contribution < 1.29 is 4.79 Å². The Kier molecular flexibility index (Phi) is 2.97. The summed E-state index contributed by atoms with van der Waals surface area (Å²) in [7, 11) is 2.16. The SMILES string of the molecule is CC(=O)N1CC2CN(C)CCN2C(C)(C)C1. The molecule has 2 fully saturated rings. The van der Waals surface area contributed by atoms with E-state index >= 15 is 0 Å². The summed E-state index contributed by atoms with van der Waals surface area (Å²) < 4.78 is 0. The molecular weight excluding hydrogens is 202 g/mol. The van der Waals surface area contributed by atoms with Gasteiger partial charge in [-0.3, -0.25) is 9.69 Å². The lowest BCUT2D eigenvalue weighted by molar-refractivity contribution is -0.139. The number of carbonyl (C=O) groups is 1. The third-order valence-corrected chi connectivity index (χ3v) is 3.92. The largest absolute Gasteiger partial charge is 0.339 e. The van der Waals surface area contributed by atoms with E-state index in [1.54, 1.807) is 6.92 Å². The zero-order chi connectivity index (χ0) is 11.9. The molecule has 2 aliphatic heterocycles.